The summed E-state index contributed by atoms with van der Waals surface area (Å²) in [6.45, 7) is 0.731. The van der Waals surface area contributed by atoms with E-state index >= 15 is 0 Å². The highest BCUT2D eigenvalue weighted by Gasteiger charge is 2.03. The van der Waals surface area contributed by atoms with Crippen molar-refractivity contribution in [1.82, 2.24) is 9.97 Å². The van der Waals surface area contributed by atoms with Crippen LogP contribution in [0.3, 0.4) is 0 Å². The zero-order valence-corrected chi connectivity index (χ0v) is 8.75. The number of thioether (sulfide) groups is 1. The summed E-state index contributed by atoms with van der Waals surface area (Å²) in [5.41, 5.74) is 0.398. The van der Waals surface area contributed by atoms with Crippen LogP contribution in [0.4, 0.5) is 0 Å². The minimum atomic E-state index is 0.398. The quantitative estimate of drug-likeness (QED) is 0.543. The van der Waals surface area contributed by atoms with E-state index in [1.165, 1.54) is 18.0 Å². The van der Waals surface area contributed by atoms with E-state index in [2.05, 4.69) is 9.97 Å². The number of aromatic nitrogens is 2. The van der Waals surface area contributed by atoms with Crippen LogP contribution in [-0.2, 0) is 4.74 Å². The lowest BCUT2D eigenvalue weighted by Crippen LogP contribution is -1.94. The van der Waals surface area contributed by atoms with E-state index in [4.69, 9.17) is 10.00 Å². The lowest BCUT2D eigenvalue weighted by Gasteiger charge is -2.00. The second-order valence-corrected chi connectivity index (χ2v) is 3.60. The Labute approximate surface area is 87.3 Å². The molecule has 1 aromatic heterocycles. The van der Waals surface area contributed by atoms with Gasteiger partial charge in [0.1, 0.15) is 11.1 Å². The van der Waals surface area contributed by atoms with Gasteiger partial charge in [0.15, 0.2) is 5.69 Å². The van der Waals surface area contributed by atoms with E-state index in [1.807, 2.05) is 6.07 Å². The van der Waals surface area contributed by atoms with Crippen molar-refractivity contribution < 1.29 is 4.74 Å². The summed E-state index contributed by atoms with van der Waals surface area (Å²) in [5, 5.41) is 9.43. The molecule has 0 aliphatic heterocycles. The molecule has 5 heteroatoms. The van der Waals surface area contributed by atoms with Crippen LogP contribution >= 0.6 is 11.8 Å². The summed E-state index contributed by atoms with van der Waals surface area (Å²) < 4.78 is 4.92. The molecule has 1 heterocycles. The largest absolute Gasteiger partial charge is 0.385 e. The van der Waals surface area contributed by atoms with Crippen molar-refractivity contribution in [2.75, 3.05) is 19.5 Å². The second kappa shape index (κ2) is 6.35. The van der Waals surface area contributed by atoms with E-state index in [1.54, 1.807) is 13.3 Å². The zero-order chi connectivity index (χ0) is 10.2. The minimum absolute atomic E-state index is 0.398. The molecule has 0 saturated carbocycles. The summed E-state index contributed by atoms with van der Waals surface area (Å²) in [7, 11) is 1.67. The molecule has 0 saturated heterocycles. The normalized spacial score (nSPS) is 9.71. The molecule has 4 nitrogen and oxygen atoms in total. The van der Waals surface area contributed by atoms with Crippen molar-refractivity contribution in [3.8, 4) is 6.07 Å². The van der Waals surface area contributed by atoms with Gasteiger partial charge in [-0.15, -0.1) is 11.8 Å². The van der Waals surface area contributed by atoms with Gasteiger partial charge in [-0.3, -0.25) is 0 Å². The Morgan fingerprint density at radius 3 is 3.00 bits per heavy atom. The van der Waals surface area contributed by atoms with E-state index < -0.39 is 0 Å². The molecule has 0 radical (unpaired) electrons. The summed E-state index contributed by atoms with van der Waals surface area (Å²) in [6.07, 6.45) is 4.07. The molecule has 0 unspecified atom stereocenters. The van der Waals surface area contributed by atoms with Gasteiger partial charge < -0.3 is 4.74 Å². The molecule has 0 fully saturated rings. The molecular weight excluding hydrogens is 198 g/mol. The van der Waals surface area contributed by atoms with Gasteiger partial charge in [-0.2, -0.15) is 5.26 Å². The average Bonchev–Trinajstić information content (AvgIpc) is 2.25. The van der Waals surface area contributed by atoms with Crippen LogP contribution < -0.4 is 0 Å². The predicted octanol–water partition coefficient (Wildman–Crippen LogP) is 1.48. The molecular formula is C9H11N3OS. The van der Waals surface area contributed by atoms with Gasteiger partial charge in [-0.25, -0.2) is 9.97 Å². The van der Waals surface area contributed by atoms with Crippen LogP contribution in [0.2, 0.25) is 0 Å². The van der Waals surface area contributed by atoms with Gasteiger partial charge in [-0.05, 0) is 6.42 Å². The standard InChI is InChI=1S/C9H11N3OS/c1-13-5-2-6-14-9-8(7-10)11-3-4-12-9/h3-4H,2,5-6H2,1H3. The molecule has 0 bridgehead atoms. The summed E-state index contributed by atoms with van der Waals surface area (Å²) in [6, 6.07) is 2.01. The first-order chi connectivity index (χ1) is 6.88. The molecule has 0 atom stereocenters. The summed E-state index contributed by atoms with van der Waals surface area (Å²) in [4.78, 5) is 8.00. The Kier molecular flexibility index (Phi) is 4.97. The number of hydrogen-bond donors (Lipinski definition) is 0. The van der Waals surface area contributed by atoms with Crippen molar-refractivity contribution in [3.63, 3.8) is 0 Å². The molecule has 0 aliphatic rings. The van der Waals surface area contributed by atoms with E-state index in [0.717, 1.165) is 18.8 Å². The third kappa shape index (κ3) is 3.32. The number of methoxy groups -OCH3 is 1. The molecule has 0 N–H and O–H groups in total. The highest BCUT2D eigenvalue weighted by atomic mass is 32.2. The number of nitriles is 1. The number of hydrogen-bond acceptors (Lipinski definition) is 5. The van der Waals surface area contributed by atoms with Crippen LogP contribution in [0.25, 0.3) is 0 Å². The summed E-state index contributed by atoms with van der Waals surface area (Å²) >= 11 is 1.54. The first kappa shape index (κ1) is 11.0. The molecule has 0 aromatic carbocycles. The van der Waals surface area contributed by atoms with Gasteiger partial charge in [-0.1, -0.05) is 0 Å². The topological polar surface area (TPSA) is 58.8 Å². The number of ether oxygens (including phenoxy) is 1. The fourth-order valence-corrected chi connectivity index (χ4v) is 1.71. The number of rotatable bonds is 5. The predicted molar refractivity (Wildman–Crippen MR) is 54.0 cm³/mol. The molecule has 0 spiro atoms. The fraction of sp³-hybridized carbons (Fsp3) is 0.444. The Morgan fingerprint density at radius 2 is 2.29 bits per heavy atom. The van der Waals surface area contributed by atoms with E-state index in [-0.39, 0.29) is 0 Å². The molecule has 1 aromatic rings. The molecule has 74 valence electrons. The molecule has 0 amide bonds. The van der Waals surface area contributed by atoms with E-state index in [0.29, 0.717) is 10.7 Å². The van der Waals surface area contributed by atoms with Gasteiger partial charge >= 0.3 is 0 Å². The van der Waals surface area contributed by atoms with E-state index in [9.17, 15) is 0 Å². The van der Waals surface area contributed by atoms with Crippen molar-refractivity contribution in [2.45, 2.75) is 11.4 Å². The smallest absolute Gasteiger partial charge is 0.172 e. The Morgan fingerprint density at radius 1 is 1.50 bits per heavy atom. The Hall–Kier alpha value is -1.12. The summed E-state index contributed by atoms with van der Waals surface area (Å²) in [5.74, 6) is 0.890. The lowest BCUT2D eigenvalue weighted by atomic mass is 10.5. The van der Waals surface area contributed by atoms with Gasteiger partial charge in [0, 0.05) is 31.9 Å². The zero-order valence-electron chi connectivity index (χ0n) is 7.93. The molecule has 1 rings (SSSR count). The fourth-order valence-electron chi connectivity index (χ4n) is 0.880. The van der Waals surface area contributed by atoms with Gasteiger partial charge in [0.05, 0.1) is 0 Å². The third-order valence-corrected chi connectivity index (χ3v) is 2.57. The first-order valence-electron chi connectivity index (χ1n) is 4.21. The maximum atomic E-state index is 8.73. The van der Waals surface area contributed by atoms with Gasteiger partial charge in [0.25, 0.3) is 0 Å². The number of nitrogens with zero attached hydrogens (tertiary/aromatic N) is 3. The highest BCUT2D eigenvalue weighted by Crippen LogP contribution is 2.17. The lowest BCUT2D eigenvalue weighted by molar-refractivity contribution is 0.200. The maximum absolute atomic E-state index is 8.73. The van der Waals surface area contributed by atoms with Crippen LogP contribution in [0, 0.1) is 11.3 Å². The van der Waals surface area contributed by atoms with Crippen LogP contribution in [0.5, 0.6) is 0 Å². The first-order valence-corrected chi connectivity index (χ1v) is 5.20. The minimum Gasteiger partial charge on any atom is -0.385 e. The highest BCUT2D eigenvalue weighted by molar-refractivity contribution is 7.99. The van der Waals surface area contributed by atoms with Crippen molar-refractivity contribution in [1.29, 1.82) is 5.26 Å². The second-order valence-electron chi connectivity index (χ2n) is 2.52. The van der Waals surface area contributed by atoms with Crippen LogP contribution in [-0.4, -0.2) is 29.4 Å². The monoisotopic (exact) mass is 209 g/mol. The molecule has 14 heavy (non-hydrogen) atoms. The Bertz CT molecular complexity index is 324. The van der Waals surface area contributed by atoms with Gasteiger partial charge in [0.2, 0.25) is 0 Å². The average molecular weight is 209 g/mol. The van der Waals surface area contributed by atoms with Crippen LogP contribution in [0.15, 0.2) is 17.4 Å². The van der Waals surface area contributed by atoms with Crippen molar-refractivity contribution in [2.24, 2.45) is 0 Å². The molecule has 0 aliphatic carbocycles. The SMILES string of the molecule is COCCCSc1nccnc1C#N. The maximum Gasteiger partial charge on any atom is 0.172 e. The Balaban J connectivity index is 2.46. The van der Waals surface area contributed by atoms with Crippen molar-refractivity contribution in [3.05, 3.63) is 18.1 Å². The third-order valence-electron chi connectivity index (χ3n) is 1.50. The van der Waals surface area contributed by atoms with Crippen molar-refractivity contribution >= 4 is 11.8 Å². The van der Waals surface area contributed by atoms with Crippen LogP contribution in [0.1, 0.15) is 12.1 Å².